The molecule has 0 saturated carbocycles. The second-order valence-electron chi connectivity index (χ2n) is 7.90. The summed E-state index contributed by atoms with van der Waals surface area (Å²) in [5, 5.41) is 9.16. The lowest BCUT2D eigenvalue weighted by atomic mass is 10.1. The first kappa shape index (κ1) is 22.1. The lowest BCUT2D eigenvalue weighted by Crippen LogP contribution is -2.32. The Hall–Kier alpha value is -3.09. The SMILES string of the molecule is CNC(=O)c1cc2c(-c3ccc(Cl)cc3)n(-c3ccccc3Cl)nc2n(CC(C)C)c1=O. The number of fused-ring (bicyclic) bond motifs is 1. The number of halogens is 2. The smallest absolute Gasteiger partial charge is 0.265 e. The lowest BCUT2D eigenvalue weighted by molar-refractivity contribution is 0.0961. The molecule has 164 valence electrons. The van der Waals surface area contributed by atoms with E-state index >= 15 is 0 Å². The summed E-state index contributed by atoms with van der Waals surface area (Å²) in [6, 6.07) is 16.3. The number of para-hydroxylation sites is 1. The number of nitrogens with one attached hydrogen (secondary N) is 1. The Morgan fingerprint density at radius 3 is 2.41 bits per heavy atom. The second kappa shape index (κ2) is 8.81. The van der Waals surface area contributed by atoms with E-state index < -0.39 is 5.91 Å². The molecule has 4 rings (SSSR count). The van der Waals surface area contributed by atoms with Crippen LogP contribution in [0.5, 0.6) is 0 Å². The molecule has 2 aromatic heterocycles. The summed E-state index contributed by atoms with van der Waals surface area (Å²) in [5.41, 5.74) is 2.38. The van der Waals surface area contributed by atoms with Crippen molar-refractivity contribution in [3.8, 4) is 16.9 Å². The number of pyridine rings is 1. The molecule has 0 aliphatic rings. The first-order valence-electron chi connectivity index (χ1n) is 10.2. The normalized spacial score (nSPS) is 11.3. The number of hydrogen-bond acceptors (Lipinski definition) is 3. The maximum atomic E-state index is 13.2. The molecule has 2 heterocycles. The zero-order chi connectivity index (χ0) is 23.0. The molecule has 4 aromatic rings. The third kappa shape index (κ3) is 3.92. The van der Waals surface area contributed by atoms with Gasteiger partial charge in [-0.15, -0.1) is 5.10 Å². The van der Waals surface area contributed by atoms with Gasteiger partial charge >= 0.3 is 0 Å². The standard InChI is InChI=1S/C24H22Cl2N4O2/c1-14(2)13-29-22-17(12-18(24(29)32)23(31)27-3)21(15-8-10-16(25)11-9-15)30(28-22)20-7-5-4-6-19(20)26/h4-12,14H,13H2,1-3H3,(H,27,31). The van der Waals surface area contributed by atoms with Crippen LogP contribution in [0.3, 0.4) is 0 Å². The van der Waals surface area contributed by atoms with Crippen LogP contribution in [-0.4, -0.2) is 27.3 Å². The van der Waals surface area contributed by atoms with Gasteiger partial charge in [-0.2, -0.15) is 0 Å². The Balaban J connectivity index is 2.17. The van der Waals surface area contributed by atoms with Crippen LogP contribution in [0.4, 0.5) is 0 Å². The number of benzene rings is 2. The van der Waals surface area contributed by atoms with Crippen molar-refractivity contribution in [2.75, 3.05) is 7.05 Å². The number of carbonyl (C=O) groups is 1. The highest BCUT2D eigenvalue weighted by atomic mass is 35.5. The van der Waals surface area contributed by atoms with Gasteiger partial charge in [0.15, 0.2) is 5.65 Å². The van der Waals surface area contributed by atoms with E-state index in [1.807, 2.05) is 44.2 Å². The van der Waals surface area contributed by atoms with Crippen molar-refractivity contribution in [2.45, 2.75) is 20.4 Å². The van der Waals surface area contributed by atoms with Gasteiger partial charge in [0.05, 0.1) is 16.4 Å². The molecule has 6 nitrogen and oxygen atoms in total. The summed E-state index contributed by atoms with van der Waals surface area (Å²) in [5.74, 6) is -0.276. The van der Waals surface area contributed by atoms with E-state index in [4.69, 9.17) is 28.3 Å². The van der Waals surface area contributed by atoms with Gasteiger partial charge in [0.2, 0.25) is 0 Å². The number of nitrogens with zero attached hydrogens (tertiary/aromatic N) is 3. The molecular formula is C24H22Cl2N4O2. The molecule has 0 saturated heterocycles. The third-order valence-corrected chi connectivity index (χ3v) is 5.71. The number of amides is 1. The van der Waals surface area contributed by atoms with Crippen LogP contribution in [-0.2, 0) is 6.54 Å². The summed E-state index contributed by atoms with van der Waals surface area (Å²) < 4.78 is 3.29. The van der Waals surface area contributed by atoms with Crippen LogP contribution < -0.4 is 10.9 Å². The van der Waals surface area contributed by atoms with E-state index in [2.05, 4.69) is 5.32 Å². The monoisotopic (exact) mass is 468 g/mol. The quantitative estimate of drug-likeness (QED) is 0.438. The maximum absolute atomic E-state index is 13.2. The van der Waals surface area contributed by atoms with E-state index in [1.54, 1.807) is 33.5 Å². The van der Waals surface area contributed by atoms with Gasteiger partial charge in [0.1, 0.15) is 5.56 Å². The van der Waals surface area contributed by atoms with Crippen LogP contribution in [0.25, 0.3) is 28.0 Å². The molecule has 0 aliphatic heterocycles. The Morgan fingerprint density at radius 1 is 1.09 bits per heavy atom. The molecule has 1 amide bonds. The van der Waals surface area contributed by atoms with E-state index in [1.165, 1.54) is 7.05 Å². The van der Waals surface area contributed by atoms with Gasteiger partial charge in [0, 0.05) is 29.6 Å². The fourth-order valence-electron chi connectivity index (χ4n) is 3.71. The van der Waals surface area contributed by atoms with Crippen molar-refractivity contribution >= 4 is 40.1 Å². The minimum Gasteiger partial charge on any atom is -0.355 e. The molecule has 32 heavy (non-hydrogen) atoms. The van der Waals surface area contributed by atoms with Crippen LogP contribution in [0.1, 0.15) is 24.2 Å². The van der Waals surface area contributed by atoms with Crippen LogP contribution in [0, 0.1) is 5.92 Å². The van der Waals surface area contributed by atoms with Gasteiger partial charge in [-0.05, 0) is 36.2 Å². The molecule has 0 fully saturated rings. The molecular weight excluding hydrogens is 447 g/mol. The topological polar surface area (TPSA) is 68.9 Å². The van der Waals surface area contributed by atoms with Crippen molar-refractivity contribution in [2.24, 2.45) is 5.92 Å². The van der Waals surface area contributed by atoms with Gasteiger partial charge in [0.25, 0.3) is 11.5 Å². The van der Waals surface area contributed by atoms with Crippen molar-refractivity contribution in [1.82, 2.24) is 19.7 Å². The Kier molecular flexibility index (Phi) is 6.09. The Morgan fingerprint density at radius 2 is 1.78 bits per heavy atom. The molecule has 8 heteroatoms. The van der Waals surface area contributed by atoms with Crippen molar-refractivity contribution < 1.29 is 4.79 Å². The second-order valence-corrected chi connectivity index (χ2v) is 8.75. The molecule has 1 N–H and O–H groups in total. The molecule has 0 atom stereocenters. The first-order valence-corrected chi connectivity index (χ1v) is 11.0. The van der Waals surface area contributed by atoms with Crippen molar-refractivity contribution in [3.05, 3.63) is 80.6 Å². The highest BCUT2D eigenvalue weighted by molar-refractivity contribution is 6.32. The fraction of sp³-hybridized carbons (Fsp3) is 0.208. The van der Waals surface area contributed by atoms with Gasteiger partial charge in [-0.1, -0.05) is 61.3 Å². The largest absolute Gasteiger partial charge is 0.355 e. The maximum Gasteiger partial charge on any atom is 0.265 e. The minimum absolute atomic E-state index is 0.0644. The fourth-order valence-corrected chi connectivity index (χ4v) is 4.06. The zero-order valence-corrected chi connectivity index (χ0v) is 19.4. The van der Waals surface area contributed by atoms with E-state index in [0.717, 1.165) is 5.56 Å². The molecule has 2 aromatic carbocycles. The summed E-state index contributed by atoms with van der Waals surface area (Å²) in [6.07, 6.45) is 0. The van der Waals surface area contributed by atoms with Gasteiger partial charge in [-0.25, -0.2) is 4.68 Å². The lowest BCUT2D eigenvalue weighted by Gasteiger charge is -2.12. The summed E-state index contributed by atoms with van der Waals surface area (Å²) in [6.45, 7) is 4.44. The van der Waals surface area contributed by atoms with Crippen molar-refractivity contribution in [3.63, 3.8) is 0 Å². The zero-order valence-electron chi connectivity index (χ0n) is 17.9. The van der Waals surface area contributed by atoms with Gasteiger partial charge in [-0.3, -0.25) is 14.2 Å². The third-order valence-electron chi connectivity index (χ3n) is 5.14. The number of rotatable bonds is 5. The predicted octanol–water partition coefficient (Wildman–Crippen LogP) is 5.18. The summed E-state index contributed by atoms with van der Waals surface area (Å²) in [7, 11) is 1.51. The summed E-state index contributed by atoms with van der Waals surface area (Å²) >= 11 is 12.6. The molecule has 0 bridgehead atoms. The molecule has 0 spiro atoms. The van der Waals surface area contributed by atoms with E-state index in [-0.39, 0.29) is 17.0 Å². The highest BCUT2D eigenvalue weighted by Crippen LogP contribution is 2.34. The average Bonchev–Trinajstić information content (AvgIpc) is 3.14. The minimum atomic E-state index is -0.443. The van der Waals surface area contributed by atoms with Gasteiger partial charge < -0.3 is 5.32 Å². The van der Waals surface area contributed by atoms with E-state index in [0.29, 0.717) is 39.0 Å². The molecule has 0 unspecified atom stereocenters. The first-order chi connectivity index (χ1) is 15.3. The number of hydrogen-bond donors (Lipinski definition) is 1. The predicted molar refractivity (Wildman–Crippen MR) is 129 cm³/mol. The Labute approximate surface area is 195 Å². The Bertz CT molecular complexity index is 1370. The van der Waals surface area contributed by atoms with E-state index in [9.17, 15) is 9.59 Å². The van der Waals surface area contributed by atoms with Crippen LogP contribution in [0.15, 0.2) is 59.4 Å². The average molecular weight is 469 g/mol. The van der Waals surface area contributed by atoms with Crippen LogP contribution in [0.2, 0.25) is 10.0 Å². The summed E-state index contributed by atoms with van der Waals surface area (Å²) in [4.78, 5) is 25.8. The van der Waals surface area contributed by atoms with Crippen molar-refractivity contribution in [1.29, 1.82) is 0 Å². The molecule has 0 radical (unpaired) electrons. The highest BCUT2D eigenvalue weighted by Gasteiger charge is 2.23. The van der Waals surface area contributed by atoms with Crippen LogP contribution >= 0.6 is 23.2 Å². The number of carbonyl (C=O) groups excluding carboxylic acids is 1. The number of aromatic nitrogens is 3. The molecule has 0 aliphatic carbocycles.